The molecule has 1 aromatic carbocycles. The zero-order valence-electron chi connectivity index (χ0n) is 11.0. The second-order valence-corrected chi connectivity index (χ2v) is 5.40. The molecule has 0 bridgehead atoms. The molecule has 104 valence electrons. The number of phenols is 1. The number of nitrogens with two attached hydrogens (primary N) is 1. The van der Waals surface area contributed by atoms with Gasteiger partial charge in [-0.3, -0.25) is 9.69 Å². The molecule has 19 heavy (non-hydrogen) atoms. The van der Waals surface area contributed by atoms with Crippen LogP contribution in [0.2, 0.25) is 0 Å². The fraction of sp³-hybridized carbons (Fsp3) is 0.500. The van der Waals surface area contributed by atoms with Gasteiger partial charge in [0.15, 0.2) is 0 Å². The van der Waals surface area contributed by atoms with Gasteiger partial charge in [0.1, 0.15) is 11.3 Å². The summed E-state index contributed by atoms with van der Waals surface area (Å²) in [6.07, 6.45) is 1.30. The van der Waals surface area contributed by atoms with Crippen molar-refractivity contribution in [2.75, 3.05) is 13.1 Å². The SMILES string of the molecule is CC(Cc1ccc(O)cc1)N1CCC(N)(C(=O)O)C1. The van der Waals surface area contributed by atoms with Crippen molar-refractivity contribution in [3.63, 3.8) is 0 Å². The van der Waals surface area contributed by atoms with Crippen LogP contribution < -0.4 is 5.73 Å². The fourth-order valence-electron chi connectivity index (χ4n) is 2.52. The summed E-state index contributed by atoms with van der Waals surface area (Å²) >= 11 is 0. The van der Waals surface area contributed by atoms with Gasteiger partial charge in [-0.2, -0.15) is 0 Å². The van der Waals surface area contributed by atoms with Crippen LogP contribution in [0.25, 0.3) is 0 Å². The molecule has 0 spiro atoms. The Morgan fingerprint density at radius 1 is 1.47 bits per heavy atom. The number of carbonyl (C=O) groups is 1. The molecule has 2 unspecified atom stereocenters. The first-order chi connectivity index (χ1) is 8.90. The van der Waals surface area contributed by atoms with Crippen LogP contribution in [0.15, 0.2) is 24.3 Å². The van der Waals surface area contributed by atoms with Crippen molar-refractivity contribution in [2.45, 2.75) is 31.3 Å². The van der Waals surface area contributed by atoms with Crippen LogP contribution in [0.5, 0.6) is 5.75 Å². The van der Waals surface area contributed by atoms with Crippen LogP contribution in [0, 0.1) is 0 Å². The van der Waals surface area contributed by atoms with E-state index in [-0.39, 0.29) is 11.8 Å². The van der Waals surface area contributed by atoms with E-state index in [0.29, 0.717) is 19.5 Å². The zero-order chi connectivity index (χ0) is 14.0. The largest absolute Gasteiger partial charge is 0.508 e. The standard InChI is InChI=1S/C14H20N2O3/c1-10(8-11-2-4-12(17)5-3-11)16-7-6-14(15,9-16)13(18)19/h2-5,10,17H,6-9,15H2,1H3,(H,18,19). The molecule has 5 heteroatoms. The predicted molar refractivity (Wildman–Crippen MR) is 72.0 cm³/mol. The molecule has 2 rings (SSSR count). The van der Waals surface area contributed by atoms with E-state index in [4.69, 9.17) is 10.8 Å². The molecule has 0 amide bonds. The van der Waals surface area contributed by atoms with Gasteiger partial charge in [-0.15, -0.1) is 0 Å². The van der Waals surface area contributed by atoms with Crippen LogP contribution in [0.3, 0.4) is 0 Å². The maximum absolute atomic E-state index is 11.1. The Morgan fingerprint density at radius 2 is 2.11 bits per heavy atom. The lowest BCUT2D eigenvalue weighted by Gasteiger charge is -2.26. The summed E-state index contributed by atoms with van der Waals surface area (Å²) in [7, 11) is 0. The summed E-state index contributed by atoms with van der Waals surface area (Å²) in [6.45, 7) is 3.17. The second kappa shape index (κ2) is 5.19. The molecular weight excluding hydrogens is 244 g/mol. The lowest BCUT2D eigenvalue weighted by Crippen LogP contribution is -2.51. The maximum Gasteiger partial charge on any atom is 0.325 e. The van der Waals surface area contributed by atoms with Gasteiger partial charge in [0, 0.05) is 19.1 Å². The summed E-state index contributed by atoms with van der Waals surface area (Å²) in [5.41, 5.74) is 5.88. The molecule has 1 saturated heterocycles. The second-order valence-electron chi connectivity index (χ2n) is 5.40. The number of likely N-dealkylation sites (tertiary alicyclic amines) is 1. The topological polar surface area (TPSA) is 86.8 Å². The Balaban J connectivity index is 1.96. The third-order valence-electron chi connectivity index (χ3n) is 3.85. The molecule has 2 atom stereocenters. The first-order valence-electron chi connectivity index (χ1n) is 6.45. The van der Waals surface area contributed by atoms with Crippen LogP contribution in [0.4, 0.5) is 0 Å². The number of carboxylic acid groups (broad SMARTS) is 1. The van der Waals surface area contributed by atoms with Gasteiger partial charge in [0.2, 0.25) is 0 Å². The molecule has 1 aliphatic heterocycles. The predicted octanol–water partition coefficient (Wildman–Crippen LogP) is 0.811. The summed E-state index contributed by atoms with van der Waals surface area (Å²) in [5.74, 6) is -0.670. The summed E-state index contributed by atoms with van der Waals surface area (Å²) < 4.78 is 0. The van der Waals surface area contributed by atoms with Gasteiger partial charge in [0.25, 0.3) is 0 Å². The van der Waals surface area contributed by atoms with Crippen LogP contribution in [-0.2, 0) is 11.2 Å². The first kappa shape index (κ1) is 13.8. The van der Waals surface area contributed by atoms with Crippen LogP contribution in [-0.4, -0.2) is 45.8 Å². The molecule has 0 aromatic heterocycles. The molecule has 1 aromatic rings. The van der Waals surface area contributed by atoms with Gasteiger partial charge in [-0.25, -0.2) is 0 Å². The summed E-state index contributed by atoms with van der Waals surface area (Å²) in [6, 6.07) is 7.32. The van der Waals surface area contributed by atoms with E-state index in [1.54, 1.807) is 12.1 Å². The van der Waals surface area contributed by atoms with Crippen molar-refractivity contribution in [3.05, 3.63) is 29.8 Å². The van der Waals surface area contributed by atoms with Crippen molar-refractivity contribution in [2.24, 2.45) is 5.73 Å². The molecule has 0 saturated carbocycles. The normalized spacial score (nSPS) is 25.4. The average molecular weight is 264 g/mol. The van der Waals surface area contributed by atoms with Crippen molar-refractivity contribution < 1.29 is 15.0 Å². The van der Waals surface area contributed by atoms with E-state index in [1.165, 1.54) is 0 Å². The minimum atomic E-state index is -1.11. The minimum absolute atomic E-state index is 0.231. The highest BCUT2D eigenvalue weighted by Gasteiger charge is 2.42. The van der Waals surface area contributed by atoms with E-state index < -0.39 is 11.5 Å². The van der Waals surface area contributed by atoms with Crippen molar-refractivity contribution in [1.29, 1.82) is 0 Å². The van der Waals surface area contributed by atoms with E-state index in [1.807, 2.05) is 12.1 Å². The number of benzene rings is 1. The van der Waals surface area contributed by atoms with Gasteiger partial charge < -0.3 is 15.9 Å². The number of carboxylic acids is 1. The highest BCUT2D eigenvalue weighted by molar-refractivity contribution is 5.79. The quantitative estimate of drug-likeness (QED) is 0.749. The number of hydrogen-bond donors (Lipinski definition) is 3. The lowest BCUT2D eigenvalue weighted by molar-refractivity contribution is -0.142. The monoisotopic (exact) mass is 264 g/mol. The van der Waals surface area contributed by atoms with Gasteiger partial charge in [-0.1, -0.05) is 12.1 Å². The van der Waals surface area contributed by atoms with Gasteiger partial charge >= 0.3 is 5.97 Å². The van der Waals surface area contributed by atoms with Crippen molar-refractivity contribution in [1.82, 2.24) is 4.90 Å². The van der Waals surface area contributed by atoms with E-state index in [9.17, 15) is 9.90 Å². The van der Waals surface area contributed by atoms with Gasteiger partial charge in [-0.05, 0) is 37.5 Å². The number of aromatic hydroxyl groups is 1. The minimum Gasteiger partial charge on any atom is -0.508 e. The van der Waals surface area contributed by atoms with Crippen molar-refractivity contribution >= 4 is 5.97 Å². The highest BCUT2D eigenvalue weighted by Crippen LogP contribution is 2.23. The Hall–Kier alpha value is -1.59. The summed E-state index contributed by atoms with van der Waals surface area (Å²) in [4.78, 5) is 13.2. The summed E-state index contributed by atoms with van der Waals surface area (Å²) in [5, 5.41) is 18.4. The van der Waals surface area contributed by atoms with Crippen LogP contribution >= 0.6 is 0 Å². The number of aliphatic carboxylic acids is 1. The maximum atomic E-state index is 11.1. The van der Waals surface area contributed by atoms with Crippen LogP contribution in [0.1, 0.15) is 18.9 Å². The van der Waals surface area contributed by atoms with Gasteiger partial charge in [0.05, 0.1) is 0 Å². The van der Waals surface area contributed by atoms with E-state index >= 15 is 0 Å². The Kier molecular flexibility index (Phi) is 3.78. The highest BCUT2D eigenvalue weighted by atomic mass is 16.4. The van der Waals surface area contributed by atoms with Crippen molar-refractivity contribution in [3.8, 4) is 5.75 Å². The molecule has 0 aliphatic carbocycles. The average Bonchev–Trinajstić information content (AvgIpc) is 2.76. The fourth-order valence-corrected chi connectivity index (χ4v) is 2.52. The lowest BCUT2D eigenvalue weighted by atomic mass is 10.0. The molecule has 4 N–H and O–H groups in total. The molecule has 0 radical (unpaired) electrons. The number of phenolic OH excluding ortho intramolecular Hbond substituents is 1. The molecule has 1 heterocycles. The third-order valence-corrected chi connectivity index (χ3v) is 3.85. The number of hydrogen-bond acceptors (Lipinski definition) is 4. The number of nitrogens with zero attached hydrogens (tertiary/aromatic N) is 1. The Morgan fingerprint density at radius 3 is 2.63 bits per heavy atom. The Bertz CT molecular complexity index is 460. The molecule has 1 fully saturated rings. The first-order valence-corrected chi connectivity index (χ1v) is 6.45. The molecular formula is C14H20N2O3. The number of rotatable bonds is 4. The smallest absolute Gasteiger partial charge is 0.325 e. The molecule has 5 nitrogen and oxygen atoms in total. The Labute approximate surface area is 112 Å². The zero-order valence-corrected chi connectivity index (χ0v) is 11.0. The molecule has 1 aliphatic rings. The van der Waals surface area contributed by atoms with E-state index in [2.05, 4.69) is 11.8 Å². The van der Waals surface area contributed by atoms with E-state index in [0.717, 1.165) is 12.0 Å². The third kappa shape index (κ3) is 3.05.